The van der Waals surface area contributed by atoms with Crippen LogP contribution in [0.1, 0.15) is 41.9 Å². The van der Waals surface area contributed by atoms with Gasteiger partial charge in [0.2, 0.25) is 5.82 Å². The van der Waals surface area contributed by atoms with E-state index in [1.54, 1.807) is 30.6 Å². The van der Waals surface area contributed by atoms with Crippen LogP contribution in [0.5, 0.6) is 0 Å². The van der Waals surface area contributed by atoms with Crippen molar-refractivity contribution in [2.75, 3.05) is 5.73 Å². The van der Waals surface area contributed by atoms with Gasteiger partial charge < -0.3 is 5.73 Å². The fourth-order valence-electron chi connectivity index (χ4n) is 4.33. The van der Waals surface area contributed by atoms with E-state index in [-0.39, 0.29) is 33.7 Å². The summed E-state index contributed by atoms with van der Waals surface area (Å²) in [6, 6.07) is 8.30. The number of aromatic nitrogens is 7. The van der Waals surface area contributed by atoms with Crippen molar-refractivity contribution in [2.24, 2.45) is 0 Å². The second kappa shape index (κ2) is 8.98. The summed E-state index contributed by atoms with van der Waals surface area (Å²) < 4.78 is 56.2. The minimum absolute atomic E-state index is 0.0181. The quantitative estimate of drug-likeness (QED) is 0.347. The molecule has 37 heavy (non-hydrogen) atoms. The minimum atomic E-state index is -4.72. The van der Waals surface area contributed by atoms with Gasteiger partial charge >= 0.3 is 6.18 Å². The lowest BCUT2D eigenvalue weighted by atomic mass is 9.91. The first-order chi connectivity index (χ1) is 17.7. The van der Waals surface area contributed by atoms with Crippen molar-refractivity contribution in [3.8, 4) is 22.9 Å². The largest absolute Gasteiger partial charge is 0.451 e. The summed E-state index contributed by atoms with van der Waals surface area (Å²) in [6.07, 6.45) is 2.16. The third kappa shape index (κ3) is 4.02. The molecule has 186 valence electrons. The number of hydrogen-bond acceptors (Lipinski definition) is 7. The van der Waals surface area contributed by atoms with Crippen molar-refractivity contribution < 1.29 is 17.6 Å². The van der Waals surface area contributed by atoms with Crippen LogP contribution in [0.25, 0.3) is 22.3 Å². The molecule has 0 fully saturated rings. The molecule has 13 heteroatoms. The summed E-state index contributed by atoms with van der Waals surface area (Å²) in [7, 11) is 0. The molecule has 2 N–H and O–H groups in total. The van der Waals surface area contributed by atoms with E-state index in [0.717, 1.165) is 12.4 Å². The summed E-state index contributed by atoms with van der Waals surface area (Å²) in [4.78, 5) is 10.9. The molecular weight excluding hydrogens is 490 g/mol. The SMILES string of the molecule is CC[C@H](c1cnn(-c2ccccc2F)c1)c1c(C#N)c(-c2cnc(C(F)(F)F)nc2)c2c(N)ncnn12. The number of nitriles is 1. The van der Waals surface area contributed by atoms with E-state index in [9.17, 15) is 22.8 Å². The second-order valence-electron chi connectivity index (χ2n) is 8.08. The maximum absolute atomic E-state index is 14.3. The normalized spacial score (nSPS) is 12.5. The van der Waals surface area contributed by atoms with Crippen LogP contribution < -0.4 is 5.73 Å². The predicted molar refractivity (Wildman–Crippen MR) is 124 cm³/mol. The van der Waals surface area contributed by atoms with Gasteiger partial charge in [-0.1, -0.05) is 19.1 Å². The highest BCUT2D eigenvalue weighted by Crippen LogP contribution is 2.40. The fraction of sp³-hybridized carbons (Fsp3) is 0.167. The number of nitrogens with two attached hydrogens (primary N) is 1. The van der Waals surface area contributed by atoms with E-state index in [4.69, 9.17) is 5.73 Å². The Hall–Kier alpha value is -4.86. The zero-order valence-electron chi connectivity index (χ0n) is 19.1. The van der Waals surface area contributed by atoms with Crippen LogP contribution in [-0.4, -0.2) is 34.3 Å². The van der Waals surface area contributed by atoms with Gasteiger partial charge in [-0.25, -0.2) is 28.5 Å². The highest BCUT2D eigenvalue weighted by atomic mass is 19.4. The summed E-state index contributed by atoms with van der Waals surface area (Å²) in [5.74, 6) is -2.21. The van der Waals surface area contributed by atoms with E-state index in [2.05, 4.69) is 31.2 Å². The van der Waals surface area contributed by atoms with Crippen molar-refractivity contribution in [3.63, 3.8) is 0 Å². The highest BCUT2D eigenvalue weighted by molar-refractivity contribution is 5.92. The average Bonchev–Trinajstić information content (AvgIpc) is 3.49. The number of anilines is 1. The molecule has 0 saturated carbocycles. The van der Waals surface area contributed by atoms with Crippen LogP contribution in [0, 0.1) is 17.1 Å². The van der Waals surface area contributed by atoms with Gasteiger partial charge in [0.15, 0.2) is 5.82 Å². The molecule has 0 spiro atoms. The Morgan fingerprint density at radius 3 is 2.46 bits per heavy atom. The average molecular weight is 507 g/mol. The summed E-state index contributed by atoms with van der Waals surface area (Å²) in [6.45, 7) is 1.89. The lowest BCUT2D eigenvalue weighted by molar-refractivity contribution is -0.144. The molecular formula is C24H17F4N9. The number of hydrogen-bond donors (Lipinski definition) is 1. The third-order valence-electron chi connectivity index (χ3n) is 5.94. The molecule has 0 aliphatic heterocycles. The van der Waals surface area contributed by atoms with Crippen LogP contribution in [-0.2, 0) is 6.18 Å². The molecule has 0 aliphatic carbocycles. The minimum Gasteiger partial charge on any atom is -0.382 e. The standard InChI is InChI=1S/C24H17F4N9/c1-2-15(14-10-34-36(11-14)18-6-4-3-5-17(18)25)20-16(7-29)19(21-22(30)33-12-35-37(20)21)13-8-31-23(32-9-13)24(26,27)28/h3-6,8-12,15H,2H2,1H3,(H2,30,33,35)/t15-/m1/s1. The summed E-state index contributed by atoms with van der Waals surface area (Å²) in [5.41, 5.74) is 8.20. The number of nitrogen functional groups attached to an aromatic ring is 1. The fourth-order valence-corrected chi connectivity index (χ4v) is 4.33. The van der Waals surface area contributed by atoms with Crippen LogP contribution in [0.3, 0.4) is 0 Å². The lowest BCUT2D eigenvalue weighted by Crippen LogP contribution is -2.10. The number of halogens is 4. The molecule has 0 amide bonds. The van der Waals surface area contributed by atoms with Crippen LogP contribution >= 0.6 is 0 Å². The Morgan fingerprint density at radius 2 is 1.81 bits per heavy atom. The van der Waals surface area contributed by atoms with Gasteiger partial charge in [-0.2, -0.15) is 28.6 Å². The maximum atomic E-state index is 14.3. The van der Waals surface area contributed by atoms with Gasteiger partial charge in [-0.15, -0.1) is 0 Å². The maximum Gasteiger partial charge on any atom is 0.451 e. The third-order valence-corrected chi connectivity index (χ3v) is 5.94. The molecule has 1 aromatic carbocycles. The van der Waals surface area contributed by atoms with Crippen molar-refractivity contribution in [3.05, 3.63) is 83.8 Å². The molecule has 4 heterocycles. The monoisotopic (exact) mass is 507 g/mol. The molecule has 0 unspecified atom stereocenters. The number of alkyl halides is 3. The smallest absolute Gasteiger partial charge is 0.382 e. The zero-order valence-corrected chi connectivity index (χ0v) is 19.1. The molecule has 4 aromatic heterocycles. The van der Waals surface area contributed by atoms with Gasteiger partial charge in [0.1, 0.15) is 29.4 Å². The van der Waals surface area contributed by atoms with E-state index in [1.165, 1.54) is 21.6 Å². The molecule has 0 aliphatic rings. The number of nitrogens with zero attached hydrogens (tertiary/aromatic N) is 8. The second-order valence-corrected chi connectivity index (χ2v) is 8.08. The molecule has 1 atom stereocenters. The first kappa shape index (κ1) is 23.9. The van der Waals surface area contributed by atoms with Crippen molar-refractivity contribution >= 4 is 11.3 Å². The molecule has 5 aromatic rings. The topological polar surface area (TPSA) is 124 Å². The number of rotatable bonds is 5. The van der Waals surface area contributed by atoms with Crippen molar-refractivity contribution in [1.82, 2.24) is 34.3 Å². The first-order valence-electron chi connectivity index (χ1n) is 11.0. The Bertz CT molecular complexity index is 1650. The van der Waals surface area contributed by atoms with Crippen molar-refractivity contribution in [2.45, 2.75) is 25.4 Å². The Balaban J connectivity index is 1.71. The van der Waals surface area contributed by atoms with E-state index in [1.807, 2.05) is 6.92 Å². The Labute approximate surface area is 206 Å². The summed E-state index contributed by atoms with van der Waals surface area (Å²) >= 11 is 0. The molecule has 0 saturated heterocycles. The van der Waals surface area contributed by atoms with Crippen LogP contribution in [0.4, 0.5) is 23.4 Å². The van der Waals surface area contributed by atoms with Gasteiger partial charge in [0, 0.05) is 35.6 Å². The summed E-state index contributed by atoms with van der Waals surface area (Å²) in [5, 5.41) is 18.8. The van der Waals surface area contributed by atoms with Gasteiger partial charge in [-0.3, -0.25) is 0 Å². The highest BCUT2D eigenvalue weighted by Gasteiger charge is 2.35. The van der Waals surface area contributed by atoms with Gasteiger partial charge in [0.05, 0.1) is 17.5 Å². The molecule has 5 rings (SSSR count). The van der Waals surface area contributed by atoms with Gasteiger partial charge in [0.25, 0.3) is 0 Å². The van der Waals surface area contributed by atoms with Gasteiger partial charge in [-0.05, 0) is 24.1 Å². The number of para-hydroxylation sites is 1. The molecule has 0 radical (unpaired) electrons. The molecule has 0 bridgehead atoms. The van der Waals surface area contributed by atoms with Crippen molar-refractivity contribution in [1.29, 1.82) is 5.26 Å². The van der Waals surface area contributed by atoms with E-state index < -0.39 is 23.7 Å². The van der Waals surface area contributed by atoms with Crippen LogP contribution in [0.2, 0.25) is 0 Å². The predicted octanol–water partition coefficient (Wildman–Crippen LogP) is 4.53. The Morgan fingerprint density at radius 1 is 1.08 bits per heavy atom. The lowest BCUT2D eigenvalue weighted by Gasteiger charge is -2.14. The van der Waals surface area contributed by atoms with E-state index >= 15 is 0 Å². The number of benzene rings is 1. The first-order valence-corrected chi connectivity index (χ1v) is 11.0. The molecule has 9 nitrogen and oxygen atoms in total. The van der Waals surface area contributed by atoms with Crippen LogP contribution in [0.15, 0.2) is 55.4 Å². The van der Waals surface area contributed by atoms with E-state index in [0.29, 0.717) is 17.7 Å². The Kier molecular flexibility index (Phi) is 5.79. The zero-order chi connectivity index (χ0) is 26.3. The number of fused-ring (bicyclic) bond motifs is 1.